The van der Waals surface area contributed by atoms with Gasteiger partial charge in [0, 0.05) is 44.5 Å². The lowest BCUT2D eigenvalue weighted by molar-refractivity contribution is -0.160. The van der Waals surface area contributed by atoms with Crippen LogP contribution in [-0.2, 0) is 14.3 Å². The van der Waals surface area contributed by atoms with Crippen molar-refractivity contribution in [1.82, 2.24) is 9.88 Å². The first-order valence-corrected chi connectivity index (χ1v) is 8.16. The number of ether oxygens (including phenoxy) is 3. The number of amides is 1. The summed E-state index contributed by atoms with van der Waals surface area (Å²) in [5.74, 6) is 0.653. The van der Waals surface area contributed by atoms with Gasteiger partial charge in [-0.1, -0.05) is 6.07 Å². The van der Waals surface area contributed by atoms with Crippen LogP contribution in [0.4, 0.5) is 0 Å². The fourth-order valence-electron chi connectivity index (χ4n) is 3.58. The van der Waals surface area contributed by atoms with Gasteiger partial charge in [-0.2, -0.15) is 0 Å². The normalized spacial score (nSPS) is 27.3. The molecule has 126 valence electrons. The van der Waals surface area contributed by atoms with Crippen LogP contribution in [0.3, 0.4) is 0 Å². The van der Waals surface area contributed by atoms with Crippen molar-refractivity contribution in [1.29, 1.82) is 0 Å². The number of methoxy groups -OCH3 is 1. The Labute approximate surface area is 136 Å². The van der Waals surface area contributed by atoms with E-state index in [1.165, 1.54) is 0 Å². The molecule has 23 heavy (non-hydrogen) atoms. The molecule has 2 saturated heterocycles. The van der Waals surface area contributed by atoms with E-state index in [2.05, 4.69) is 4.98 Å². The summed E-state index contributed by atoms with van der Waals surface area (Å²) in [6.07, 6.45) is 4.71. The average Bonchev–Trinajstić information content (AvgIpc) is 2.60. The van der Waals surface area contributed by atoms with Crippen LogP contribution < -0.4 is 4.74 Å². The highest BCUT2D eigenvalue weighted by molar-refractivity contribution is 5.77. The number of hydrogen-bond donors (Lipinski definition) is 0. The first-order valence-electron chi connectivity index (χ1n) is 8.16. The van der Waals surface area contributed by atoms with Gasteiger partial charge in [-0.05, 0) is 25.3 Å². The molecule has 0 spiro atoms. The van der Waals surface area contributed by atoms with E-state index >= 15 is 0 Å². The molecule has 0 aliphatic carbocycles. The number of piperidine rings is 1. The van der Waals surface area contributed by atoms with Gasteiger partial charge in [0.25, 0.3) is 0 Å². The zero-order valence-corrected chi connectivity index (χ0v) is 13.6. The van der Waals surface area contributed by atoms with Crippen LogP contribution in [0.25, 0.3) is 0 Å². The molecule has 3 heterocycles. The molecule has 2 fully saturated rings. The van der Waals surface area contributed by atoms with Crippen LogP contribution in [0, 0.1) is 5.41 Å². The van der Waals surface area contributed by atoms with Gasteiger partial charge in [0.15, 0.2) is 0 Å². The van der Waals surface area contributed by atoms with Gasteiger partial charge in [0.2, 0.25) is 11.8 Å². The van der Waals surface area contributed by atoms with Crippen LogP contribution in [0.15, 0.2) is 24.4 Å². The summed E-state index contributed by atoms with van der Waals surface area (Å²) in [5, 5.41) is 0. The smallest absolute Gasteiger partial charge is 0.248 e. The van der Waals surface area contributed by atoms with Crippen molar-refractivity contribution >= 4 is 5.91 Å². The molecule has 2 aliphatic heterocycles. The minimum absolute atomic E-state index is 0.0359. The summed E-state index contributed by atoms with van der Waals surface area (Å²) >= 11 is 0. The highest BCUT2D eigenvalue weighted by Gasteiger charge is 2.47. The van der Waals surface area contributed by atoms with Gasteiger partial charge in [-0.25, -0.2) is 4.98 Å². The third-order valence-electron chi connectivity index (χ3n) is 4.75. The monoisotopic (exact) mass is 320 g/mol. The third kappa shape index (κ3) is 3.64. The molecule has 0 radical (unpaired) electrons. The number of rotatable bonds is 5. The van der Waals surface area contributed by atoms with E-state index < -0.39 is 0 Å². The Morgan fingerprint density at radius 3 is 3.22 bits per heavy atom. The zero-order chi connectivity index (χ0) is 16.1. The SMILES string of the molecule is COCC(=O)N1CCC2OCCCC2(COc2ccccn2)C1. The number of nitrogens with zero attached hydrogens (tertiary/aromatic N) is 2. The third-order valence-corrected chi connectivity index (χ3v) is 4.75. The second kappa shape index (κ2) is 7.27. The van der Waals surface area contributed by atoms with Gasteiger partial charge in [0.05, 0.1) is 12.7 Å². The van der Waals surface area contributed by atoms with E-state index in [0.29, 0.717) is 19.0 Å². The summed E-state index contributed by atoms with van der Waals surface area (Å²) in [5.41, 5.74) is -0.155. The first-order chi connectivity index (χ1) is 11.2. The quantitative estimate of drug-likeness (QED) is 0.823. The molecule has 1 amide bonds. The number of carbonyl (C=O) groups is 1. The Hall–Kier alpha value is -1.66. The van der Waals surface area contributed by atoms with Crippen LogP contribution in [-0.4, -0.2) is 61.9 Å². The van der Waals surface area contributed by atoms with E-state index in [0.717, 1.165) is 32.4 Å². The molecular weight excluding hydrogens is 296 g/mol. The van der Waals surface area contributed by atoms with Crippen molar-refractivity contribution in [2.75, 3.05) is 40.0 Å². The molecule has 2 atom stereocenters. The largest absolute Gasteiger partial charge is 0.477 e. The molecule has 0 saturated carbocycles. The number of hydrogen-bond acceptors (Lipinski definition) is 5. The highest BCUT2D eigenvalue weighted by atomic mass is 16.5. The molecule has 6 nitrogen and oxygen atoms in total. The van der Waals surface area contributed by atoms with E-state index in [1.807, 2.05) is 23.1 Å². The molecule has 3 rings (SSSR count). The lowest BCUT2D eigenvalue weighted by Crippen LogP contribution is -2.59. The first kappa shape index (κ1) is 16.2. The number of fused-ring (bicyclic) bond motifs is 1. The molecule has 6 heteroatoms. The van der Waals surface area contributed by atoms with Crippen LogP contribution >= 0.6 is 0 Å². The minimum atomic E-state index is -0.155. The van der Waals surface area contributed by atoms with Gasteiger partial charge >= 0.3 is 0 Å². The average molecular weight is 320 g/mol. The van der Waals surface area contributed by atoms with Crippen LogP contribution in [0.1, 0.15) is 19.3 Å². The van der Waals surface area contributed by atoms with Crippen molar-refractivity contribution in [2.24, 2.45) is 5.41 Å². The lowest BCUT2D eigenvalue weighted by Gasteiger charge is -2.50. The maximum Gasteiger partial charge on any atom is 0.248 e. The van der Waals surface area contributed by atoms with Gasteiger partial charge < -0.3 is 19.1 Å². The van der Waals surface area contributed by atoms with Crippen molar-refractivity contribution < 1.29 is 19.0 Å². The van der Waals surface area contributed by atoms with Gasteiger partial charge in [0.1, 0.15) is 6.61 Å². The summed E-state index contributed by atoms with van der Waals surface area (Å²) in [4.78, 5) is 18.3. The number of carbonyl (C=O) groups excluding carboxylic acids is 1. The van der Waals surface area contributed by atoms with E-state index in [4.69, 9.17) is 14.2 Å². The molecule has 2 unspecified atom stereocenters. The molecular formula is C17H24N2O4. The standard InChI is InChI=1S/C17H24N2O4/c1-21-11-16(20)19-9-6-14-17(12-19,7-4-10-22-14)13-23-15-5-2-3-8-18-15/h2-3,5,8,14H,4,6-7,9-13H2,1H3. The molecule has 1 aromatic heterocycles. The Kier molecular flexibility index (Phi) is 5.13. The number of aromatic nitrogens is 1. The summed E-state index contributed by atoms with van der Waals surface area (Å²) in [7, 11) is 1.55. The Balaban J connectivity index is 1.71. The van der Waals surface area contributed by atoms with Gasteiger partial charge in [-0.3, -0.25) is 4.79 Å². The summed E-state index contributed by atoms with van der Waals surface area (Å²) < 4.78 is 16.9. The highest BCUT2D eigenvalue weighted by Crippen LogP contribution is 2.40. The second-order valence-corrected chi connectivity index (χ2v) is 6.32. The molecule has 0 N–H and O–H groups in total. The maximum atomic E-state index is 12.2. The van der Waals surface area contributed by atoms with E-state index in [1.54, 1.807) is 13.3 Å². The summed E-state index contributed by atoms with van der Waals surface area (Å²) in [6, 6.07) is 5.62. The Bertz CT molecular complexity index is 525. The second-order valence-electron chi connectivity index (χ2n) is 6.32. The topological polar surface area (TPSA) is 60.9 Å². The van der Waals surface area contributed by atoms with Crippen molar-refractivity contribution in [3.05, 3.63) is 24.4 Å². The zero-order valence-electron chi connectivity index (χ0n) is 13.6. The predicted octanol–water partition coefficient (Wildman–Crippen LogP) is 1.50. The van der Waals surface area contributed by atoms with E-state index in [9.17, 15) is 4.79 Å². The minimum Gasteiger partial charge on any atom is -0.477 e. The molecule has 2 aliphatic rings. The predicted molar refractivity (Wildman–Crippen MR) is 84.2 cm³/mol. The van der Waals surface area contributed by atoms with Crippen molar-refractivity contribution in [3.63, 3.8) is 0 Å². The fourth-order valence-corrected chi connectivity index (χ4v) is 3.58. The fraction of sp³-hybridized carbons (Fsp3) is 0.647. The van der Waals surface area contributed by atoms with Crippen molar-refractivity contribution in [2.45, 2.75) is 25.4 Å². The number of likely N-dealkylation sites (tertiary alicyclic amines) is 1. The Morgan fingerprint density at radius 2 is 2.43 bits per heavy atom. The Morgan fingerprint density at radius 1 is 1.52 bits per heavy atom. The van der Waals surface area contributed by atoms with Crippen molar-refractivity contribution in [3.8, 4) is 5.88 Å². The lowest BCUT2D eigenvalue weighted by atomic mass is 9.73. The van der Waals surface area contributed by atoms with Crippen LogP contribution in [0.2, 0.25) is 0 Å². The molecule has 1 aromatic rings. The number of pyridine rings is 1. The summed E-state index contributed by atoms with van der Waals surface area (Å²) in [6.45, 7) is 2.82. The molecule has 0 aromatic carbocycles. The molecule has 0 bridgehead atoms. The van der Waals surface area contributed by atoms with Crippen LogP contribution in [0.5, 0.6) is 5.88 Å². The van der Waals surface area contributed by atoms with Gasteiger partial charge in [-0.15, -0.1) is 0 Å². The van der Waals surface area contributed by atoms with E-state index in [-0.39, 0.29) is 24.0 Å². The maximum absolute atomic E-state index is 12.2.